The van der Waals surface area contributed by atoms with Crippen molar-refractivity contribution in [1.29, 1.82) is 0 Å². The number of carbonyl (C=O) groups is 2. The molecular formula is C11H9F3INO3. The molecule has 0 aliphatic rings. The first-order valence-corrected chi connectivity index (χ1v) is 6.13. The van der Waals surface area contributed by atoms with Gasteiger partial charge in [-0.25, -0.2) is 4.79 Å². The maximum Gasteiger partial charge on any atom is 0.391 e. The molecule has 0 radical (unpaired) electrons. The second-order valence-corrected chi connectivity index (χ2v) is 4.94. The fraction of sp³-hybridized carbons (Fsp3) is 0.273. The summed E-state index contributed by atoms with van der Waals surface area (Å²) in [5, 5.41) is 10.5. The molecule has 1 atom stereocenters. The van der Waals surface area contributed by atoms with Gasteiger partial charge in [0.15, 0.2) is 0 Å². The zero-order valence-electron chi connectivity index (χ0n) is 9.37. The van der Waals surface area contributed by atoms with Gasteiger partial charge < -0.3 is 10.4 Å². The molecule has 0 aliphatic carbocycles. The smallest absolute Gasteiger partial charge is 0.391 e. The number of benzene rings is 1. The number of nitrogens with one attached hydrogen (secondary N) is 1. The highest BCUT2D eigenvalue weighted by Crippen LogP contribution is 2.21. The third-order valence-corrected chi connectivity index (χ3v) is 2.86. The molecule has 0 aliphatic heterocycles. The molecule has 0 saturated heterocycles. The third kappa shape index (κ3) is 5.45. The zero-order chi connectivity index (χ0) is 14.6. The van der Waals surface area contributed by atoms with Crippen LogP contribution >= 0.6 is 22.6 Å². The van der Waals surface area contributed by atoms with Crippen molar-refractivity contribution < 1.29 is 27.9 Å². The predicted octanol–water partition coefficient (Wildman–Crippen LogP) is 2.43. The van der Waals surface area contributed by atoms with Crippen LogP contribution in [0.3, 0.4) is 0 Å². The zero-order valence-corrected chi connectivity index (χ0v) is 11.5. The minimum absolute atomic E-state index is 0.105. The number of carboxylic acids is 1. The maximum atomic E-state index is 12.2. The average Bonchev–Trinajstić information content (AvgIpc) is 2.27. The third-order valence-electron chi connectivity index (χ3n) is 2.15. The Morgan fingerprint density at radius 3 is 2.21 bits per heavy atom. The number of hydrogen-bond donors (Lipinski definition) is 2. The number of rotatable bonds is 4. The molecule has 0 heterocycles. The summed E-state index contributed by atoms with van der Waals surface area (Å²) in [6.45, 7) is 0. The number of aliphatic carboxylic acids is 1. The summed E-state index contributed by atoms with van der Waals surface area (Å²) in [4.78, 5) is 22.3. The molecule has 1 aromatic carbocycles. The number of carboxylic acid groups (broad SMARTS) is 1. The van der Waals surface area contributed by atoms with E-state index in [2.05, 4.69) is 0 Å². The molecule has 0 aromatic heterocycles. The molecule has 0 saturated carbocycles. The highest BCUT2D eigenvalue weighted by Gasteiger charge is 2.36. The van der Waals surface area contributed by atoms with Crippen molar-refractivity contribution in [3.05, 3.63) is 33.4 Å². The molecule has 0 spiro atoms. The second kappa shape index (κ2) is 6.22. The summed E-state index contributed by atoms with van der Waals surface area (Å²) >= 11 is 2.00. The fourth-order valence-corrected chi connectivity index (χ4v) is 1.63. The van der Waals surface area contributed by atoms with Crippen LogP contribution < -0.4 is 5.32 Å². The average molecular weight is 387 g/mol. The van der Waals surface area contributed by atoms with Crippen LogP contribution in [0, 0.1) is 3.57 Å². The van der Waals surface area contributed by atoms with Gasteiger partial charge in [-0.15, -0.1) is 0 Å². The van der Waals surface area contributed by atoms with Crippen LogP contribution in [0.5, 0.6) is 0 Å². The summed E-state index contributed by atoms with van der Waals surface area (Å²) in [5.74, 6) is -2.58. The Hall–Kier alpha value is -1.32. The van der Waals surface area contributed by atoms with Crippen molar-refractivity contribution in [1.82, 2.24) is 5.32 Å². The second-order valence-electron chi connectivity index (χ2n) is 3.69. The molecule has 4 nitrogen and oxygen atoms in total. The summed E-state index contributed by atoms with van der Waals surface area (Å²) in [6, 6.07) is 4.00. The van der Waals surface area contributed by atoms with Crippen molar-refractivity contribution in [2.45, 2.75) is 18.6 Å². The summed E-state index contributed by atoms with van der Waals surface area (Å²) in [7, 11) is 0. The lowest BCUT2D eigenvalue weighted by Crippen LogP contribution is -2.43. The number of amides is 1. The largest absolute Gasteiger partial charge is 0.480 e. The molecule has 1 amide bonds. The van der Waals surface area contributed by atoms with E-state index < -0.39 is 30.5 Å². The number of carbonyl (C=O) groups excluding carboxylic acids is 1. The lowest BCUT2D eigenvalue weighted by molar-refractivity contribution is -0.157. The first kappa shape index (κ1) is 15.7. The first-order valence-electron chi connectivity index (χ1n) is 5.05. The van der Waals surface area contributed by atoms with E-state index in [9.17, 15) is 22.8 Å². The van der Waals surface area contributed by atoms with E-state index in [1.807, 2.05) is 27.9 Å². The van der Waals surface area contributed by atoms with Crippen molar-refractivity contribution >= 4 is 34.5 Å². The van der Waals surface area contributed by atoms with Gasteiger partial charge in [-0.3, -0.25) is 4.79 Å². The SMILES string of the molecule is O=C(NC(CC(F)(F)F)C(=O)O)c1ccc(I)cc1. The Kier molecular flexibility index (Phi) is 5.15. The quantitative estimate of drug-likeness (QED) is 0.781. The summed E-state index contributed by atoms with van der Waals surface area (Å²) < 4.78 is 37.3. The van der Waals surface area contributed by atoms with E-state index in [1.54, 1.807) is 12.1 Å². The lowest BCUT2D eigenvalue weighted by atomic mass is 10.1. The lowest BCUT2D eigenvalue weighted by Gasteiger charge is -2.16. The summed E-state index contributed by atoms with van der Waals surface area (Å²) in [5.41, 5.74) is 0.105. The van der Waals surface area contributed by atoms with Gasteiger partial charge in [0.25, 0.3) is 5.91 Å². The van der Waals surface area contributed by atoms with Gasteiger partial charge in [0.1, 0.15) is 6.04 Å². The first-order chi connectivity index (χ1) is 8.69. The van der Waals surface area contributed by atoms with Gasteiger partial charge in [-0.1, -0.05) is 0 Å². The van der Waals surface area contributed by atoms with Crippen LogP contribution in [0.25, 0.3) is 0 Å². The van der Waals surface area contributed by atoms with Crippen LogP contribution in [0.15, 0.2) is 24.3 Å². The van der Waals surface area contributed by atoms with Gasteiger partial charge in [-0.05, 0) is 46.9 Å². The van der Waals surface area contributed by atoms with Crippen LogP contribution in [0.2, 0.25) is 0 Å². The molecule has 1 unspecified atom stereocenters. The van der Waals surface area contributed by atoms with E-state index in [4.69, 9.17) is 5.11 Å². The van der Waals surface area contributed by atoms with E-state index in [0.717, 1.165) is 3.57 Å². The van der Waals surface area contributed by atoms with Gasteiger partial charge >= 0.3 is 12.1 Å². The Morgan fingerprint density at radius 1 is 1.26 bits per heavy atom. The normalized spacial score (nSPS) is 12.8. The molecule has 8 heteroatoms. The van der Waals surface area contributed by atoms with Crippen LogP contribution in [-0.4, -0.2) is 29.2 Å². The van der Waals surface area contributed by atoms with Gasteiger partial charge in [-0.2, -0.15) is 13.2 Å². The van der Waals surface area contributed by atoms with E-state index >= 15 is 0 Å². The minimum atomic E-state index is -4.66. The molecule has 0 bridgehead atoms. The Morgan fingerprint density at radius 2 is 1.79 bits per heavy atom. The molecule has 0 fully saturated rings. The van der Waals surface area contributed by atoms with Crippen molar-refractivity contribution in [3.63, 3.8) is 0 Å². The Balaban J connectivity index is 2.77. The molecule has 2 N–H and O–H groups in total. The van der Waals surface area contributed by atoms with Crippen molar-refractivity contribution in [3.8, 4) is 0 Å². The van der Waals surface area contributed by atoms with Gasteiger partial charge in [0.2, 0.25) is 0 Å². The number of hydrogen-bond acceptors (Lipinski definition) is 2. The van der Waals surface area contributed by atoms with Gasteiger partial charge in [0, 0.05) is 9.13 Å². The maximum absolute atomic E-state index is 12.2. The standard InChI is InChI=1S/C11H9F3INO3/c12-11(13,14)5-8(10(18)19)16-9(17)6-1-3-7(15)4-2-6/h1-4,8H,5H2,(H,16,17)(H,18,19). The predicted molar refractivity (Wildman–Crippen MR) is 68.7 cm³/mol. The van der Waals surface area contributed by atoms with Crippen LogP contribution in [-0.2, 0) is 4.79 Å². The molecule has 19 heavy (non-hydrogen) atoms. The molecule has 104 valence electrons. The van der Waals surface area contributed by atoms with E-state index in [0.29, 0.717) is 0 Å². The molecule has 1 aromatic rings. The van der Waals surface area contributed by atoms with Crippen LogP contribution in [0.4, 0.5) is 13.2 Å². The monoisotopic (exact) mass is 387 g/mol. The molecule has 1 rings (SSSR count). The minimum Gasteiger partial charge on any atom is -0.480 e. The summed E-state index contributed by atoms with van der Waals surface area (Å²) in [6.07, 6.45) is -6.28. The van der Waals surface area contributed by atoms with Crippen molar-refractivity contribution in [2.24, 2.45) is 0 Å². The van der Waals surface area contributed by atoms with Gasteiger partial charge in [0.05, 0.1) is 6.42 Å². The highest BCUT2D eigenvalue weighted by molar-refractivity contribution is 14.1. The Bertz CT molecular complexity index is 473. The van der Waals surface area contributed by atoms with E-state index in [1.165, 1.54) is 12.1 Å². The topological polar surface area (TPSA) is 66.4 Å². The highest BCUT2D eigenvalue weighted by atomic mass is 127. The number of alkyl halides is 3. The fourth-order valence-electron chi connectivity index (χ4n) is 1.27. The van der Waals surface area contributed by atoms with Crippen LogP contribution in [0.1, 0.15) is 16.8 Å². The number of halogens is 4. The van der Waals surface area contributed by atoms with Crippen molar-refractivity contribution in [2.75, 3.05) is 0 Å². The van der Waals surface area contributed by atoms with E-state index in [-0.39, 0.29) is 5.56 Å². The Labute approximate surface area is 120 Å². The molecular weight excluding hydrogens is 378 g/mol.